The van der Waals surface area contributed by atoms with Gasteiger partial charge in [-0.3, -0.25) is 9.59 Å². The minimum Gasteiger partial charge on any atom is -0.442 e. The quantitative estimate of drug-likeness (QED) is 0.422. The fourth-order valence-corrected chi connectivity index (χ4v) is 3.15. The Morgan fingerprint density at radius 3 is 2.63 bits per heavy atom. The normalized spacial score (nSPS) is 23.4. The molecule has 2 atom stereocenters. The molecular weight excluding hydrogens is 346 g/mol. The van der Waals surface area contributed by atoms with Crippen LogP contribution in [0.2, 0.25) is 0 Å². The molecule has 1 aliphatic rings. The standard InChI is InChI=1S/C20H35N3O4/c1-4-5-6-11-17(24)22-14-15-23-19(26)27-16-9-7-12-20(2,13-8-10-16)18(25)21-3/h7,9,16H,4-6,8,10-15H2,1-3H3,(H,21,25)(H,22,24)(H,23,26)/b9-7+/t16-,20+/m0/s1. The Morgan fingerprint density at radius 1 is 1.19 bits per heavy atom. The Labute approximate surface area is 162 Å². The van der Waals surface area contributed by atoms with Crippen LogP contribution in [0.5, 0.6) is 0 Å². The third-order valence-corrected chi connectivity index (χ3v) is 4.89. The number of alkyl carbamates (subject to hydrolysis) is 1. The number of rotatable bonds is 9. The third kappa shape index (κ3) is 8.93. The second-order valence-electron chi connectivity index (χ2n) is 7.34. The SMILES string of the molecule is CCCCCC(=O)NCCNC(=O)O[C@H]1/C=C/C[C@@](C)(C(=O)NC)CCC1. The molecule has 27 heavy (non-hydrogen) atoms. The molecule has 0 aliphatic heterocycles. The number of carbonyl (C=O) groups excluding carboxylic acids is 3. The molecule has 0 fully saturated rings. The Hall–Kier alpha value is -2.05. The lowest BCUT2D eigenvalue weighted by Gasteiger charge is -2.29. The molecule has 154 valence electrons. The van der Waals surface area contributed by atoms with Crippen molar-refractivity contribution < 1.29 is 19.1 Å². The molecule has 0 spiro atoms. The molecule has 7 heteroatoms. The van der Waals surface area contributed by atoms with Crippen LogP contribution < -0.4 is 16.0 Å². The van der Waals surface area contributed by atoms with Crippen LogP contribution in [0.25, 0.3) is 0 Å². The molecular formula is C20H35N3O4. The van der Waals surface area contributed by atoms with E-state index < -0.39 is 11.5 Å². The van der Waals surface area contributed by atoms with Crippen molar-refractivity contribution in [2.24, 2.45) is 5.41 Å². The first-order valence-corrected chi connectivity index (χ1v) is 10.0. The molecule has 0 saturated heterocycles. The highest BCUT2D eigenvalue weighted by Crippen LogP contribution is 2.31. The van der Waals surface area contributed by atoms with Crippen LogP contribution in [0.15, 0.2) is 12.2 Å². The van der Waals surface area contributed by atoms with Crippen LogP contribution >= 0.6 is 0 Å². The maximum atomic E-state index is 12.0. The molecule has 7 nitrogen and oxygen atoms in total. The molecule has 0 aromatic rings. The van der Waals surface area contributed by atoms with Crippen molar-refractivity contribution >= 4 is 17.9 Å². The molecule has 1 aliphatic carbocycles. The fraction of sp³-hybridized carbons (Fsp3) is 0.750. The number of unbranched alkanes of at least 4 members (excludes halogenated alkanes) is 2. The number of hydrogen-bond acceptors (Lipinski definition) is 4. The first kappa shape index (κ1) is 23.0. The average Bonchev–Trinajstić information content (AvgIpc) is 2.63. The number of amides is 3. The topological polar surface area (TPSA) is 96.5 Å². The van der Waals surface area contributed by atoms with E-state index in [1.165, 1.54) is 0 Å². The molecule has 0 unspecified atom stereocenters. The zero-order valence-corrected chi connectivity index (χ0v) is 16.9. The van der Waals surface area contributed by atoms with Gasteiger partial charge < -0.3 is 20.7 Å². The van der Waals surface area contributed by atoms with Crippen molar-refractivity contribution in [3.63, 3.8) is 0 Å². The lowest BCUT2D eigenvalue weighted by molar-refractivity contribution is -0.130. The Kier molecular flexibility index (Phi) is 10.5. The van der Waals surface area contributed by atoms with Gasteiger partial charge in [0.15, 0.2) is 0 Å². The smallest absolute Gasteiger partial charge is 0.407 e. The van der Waals surface area contributed by atoms with E-state index in [9.17, 15) is 14.4 Å². The largest absolute Gasteiger partial charge is 0.442 e. The molecule has 0 heterocycles. The highest BCUT2D eigenvalue weighted by atomic mass is 16.6. The summed E-state index contributed by atoms with van der Waals surface area (Å²) in [4.78, 5) is 35.5. The molecule has 0 aromatic heterocycles. The zero-order valence-electron chi connectivity index (χ0n) is 16.9. The van der Waals surface area contributed by atoms with Gasteiger partial charge in [0.1, 0.15) is 6.10 Å². The molecule has 0 radical (unpaired) electrons. The summed E-state index contributed by atoms with van der Waals surface area (Å²) in [6, 6.07) is 0. The number of allylic oxidation sites excluding steroid dienone is 1. The van der Waals surface area contributed by atoms with Crippen molar-refractivity contribution in [2.75, 3.05) is 20.1 Å². The van der Waals surface area contributed by atoms with Gasteiger partial charge in [-0.05, 0) is 38.2 Å². The Balaban J connectivity index is 2.27. The predicted octanol–water partition coefficient (Wildman–Crippen LogP) is 2.66. The van der Waals surface area contributed by atoms with Crippen molar-refractivity contribution in [3.8, 4) is 0 Å². The van der Waals surface area contributed by atoms with Crippen molar-refractivity contribution in [1.82, 2.24) is 16.0 Å². The van der Waals surface area contributed by atoms with Gasteiger partial charge in [-0.2, -0.15) is 0 Å². The van der Waals surface area contributed by atoms with E-state index in [1.54, 1.807) is 7.05 Å². The van der Waals surface area contributed by atoms with E-state index in [0.29, 0.717) is 32.4 Å². The van der Waals surface area contributed by atoms with Crippen LogP contribution in [0.3, 0.4) is 0 Å². The highest BCUT2D eigenvalue weighted by Gasteiger charge is 2.32. The lowest BCUT2D eigenvalue weighted by Crippen LogP contribution is -2.38. The number of nitrogens with one attached hydrogen (secondary N) is 3. The summed E-state index contributed by atoms with van der Waals surface area (Å²) in [5, 5.41) is 8.16. The summed E-state index contributed by atoms with van der Waals surface area (Å²) in [5.41, 5.74) is -0.409. The van der Waals surface area contributed by atoms with Gasteiger partial charge in [-0.15, -0.1) is 0 Å². The Morgan fingerprint density at radius 2 is 1.93 bits per heavy atom. The zero-order chi connectivity index (χ0) is 20.1. The van der Waals surface area contributed by atoms with Gasteiger partial charge >= 0.3 is 6.09 Å². The Bertz CT molecular complexity index is 521. The number of carbonyl (C=O) groups is 3. The monoisotopic (exact) mass is 381 g/mol. The van der Waals surface area contributed by atoms with E-state index in [2.05, 4.69) is 22.9 Å². The summed E-state index contributed by atoms with van der Waals surface area (Å²) in [5.74, 6) is 0.0572. The van der Waals surface area contributed by atoms with Gasteiger partial charge in [-0.1, -0.05) is 32.8 Å². The molecule has 3 N–H and O–H groups in total. The predicted molar refractivity (Wildman–Crippen MR) is 105 cm³/mol. The number of ether oxygens (including phenoxy) is 1. The summed E-state index contributed by atoms with van der Waals surface area (Å²) < 4.78 is 5.42. The van der Waals surface area contributed by atoms with Gasteiger partial charge in [0.2, 0.25) is 11.8 Å². The van der Waals surface area contributed by atoms with E-state index in [0.717, 1.165) is 32.1 Å². The van der Waals surface area contributed by atoms with E-state index in [1.807, 2.05) is 19.1 Å². The first-order chi connectivity index (χ1) is 12.9. The highest BCUT2D eigenvalue weighted by molar-refractivity contribution is 5.82. The lowest BCUT2D eigenvalue weighted by atomic mass is 9.79. The number of hydrogen-bond donors (Lipinski definition) is 3. The van der Waals surface area contributed by atoms with Crippen LogP contribution in [-0.4, -0.2) is 44.1 Å². The van der Waals surface area contributed by atoms with Crippen LogP contribution in [0, 0.1) is 5.41 Å². The molecule has 0 bridgehead atoms. The van der Waals surface area contributed by atoms with Crippen LogP contribution in [-0.2, 0) is 14.3 Å². The summed E-state index contributed by atoms with van der Waals surface area (Å²) >= 11 is 0. The van der Waals surface area contributed by atoms with Crippen molar-refractivity contribution in [3.05, 3.63) is 12.2 Å². The average molecular weight is 382 g/mol. The molecule has 0 aromatic carbocycles. The second kappa shape index (κ2) is 12.4. The maximum Gasteiger partial charge on any atom is 0.407 e. The molecule has 1 rings (SSSR count). The van der Waals surface area contributed by atoms with Gasteiger partial charge in [0.25, 0.3) is 0 Å². The molecule has 3 amide bonds. The minimum absolute atomic E-state index is 0.0146. The third-order valence-electron chi connectivity index (χ3n) is 4.89. The van der Waals surface area contributed by atoms with Crippen molar-refractivity contribution in [1.29, 1.82) is 0 Å². The summed E-state index contributed by atoms with van der Waals surface area (Å²) in [6.07, 6.45) is 9.42. The van der Waals surface area contributed by atoms with Crippen LogP contribution in [0.4, 0.5) is 4.79 Å². The van der Waals surface area contributed by atoms with Crippen molar-refractivity contribution in [2.45, 2.75) is 71.3 Å². The van der Waals surface area contributed by atoms with E-state index in [-0.39, 0.29) is 17.9 Å². The van der Waals surface area contributed by atoms with Gasteiger partial charge in [0, 0.05) is 32.0 Å². The fourth-order valence-electron chi connectivity index (χ4n) is 3.15. The maximum absolute atomic E-state index is 12.0. The van der Waals surface area contributed by atoms with E-state index >= 15 is 0 Å². The van der Waals surface area contributed by atoms with Crippen LogP contribution in [0.1, 0.15) is 65.2 Å². The molecule has 0 saturated carbocycles. The second-order valence-corrected chi connectivity index (χ2v) is 7.34. The minimum atomic E-state index is -0.487. The summed E-state index contributed by atoms with van der Waals surface area (Å²) in [7, 11) is 1.65. The summed E-state index contributed by atoms with van der Waals surface area (Å²) in [6.45, 7) is 4.79. The first-order valence-electron chi connectivity index (χ1n) is 10.0. The van der Waals surface area contributed by atoms with E-state index in [4.69, 9.17) is 4.74 Å². The van der Waals surface area contributed by atoms with Gasteiger partial charge in [0.05, 0.1) is 0 Å². The van der Waals surface area contributed by atoms with Gasteiger partial charge in [-0.25, -0.2) is 4.79 Å².